The minimum absolute atomic E-state index is 0.125. The largest absolute Gasteiger partial charge is 0.478 e. The summed E-state index contributed by atoms with van der Waals surface area (Å²) in [6, 6.07) is 8.53. The van der Waals surface area contributed by atoms with Crippen LogP contribution in [0.15, 0.2) is 51.8 Å². The molecule has 0 aliphatic heterocycles. The Balaban J connectivity index is 2.40. The number of hydrogen-bond donors (Lipinski definition) is 2. The average Bonchev–Trinajstić information content (AvgIpc) is 2.46. The molecule has 120 valence electrons. The van der Waals surface area contributed by atoms with Gasteiger partial charge >= 0.3 is 22.1 Å². The van der Waals surface area contributed by atoms with E-state index in [0.29, 0.717) is 4.47 Å². The average molecular weight is 401 g/mol. The predicted octanol–water partition coefficient (Wildman–Crippen LogP) is 2.61. The van der Waals surface area contributed by atoms with Crippen LogP contribution in [-0.4, -0.2) is 30.6 Å². The maximum absolute atomic E-state index is 12.1. The molecule has 0 aliphatic rings. The molecule has 0 heterocycles. The standard InChI is InChI=1S/C14H9BrO7S/c15-8-1-4-10(5-2-8)23(20,21)22-9-3-6-11(13(16)17)12(7-9)14(18)19/h1-7H,(H,16,17)(H,18,19). The molecule has 23 heavy (non-hydrogen) atoms. The van der Waals surface area contributed by atoms with Gasteiger partial charge in [0.05, 0.1) is 11.1 Å². The number of carboxylic acids is 2. The van der Waals surface area contributed by atoms with Gasteiger partial charge in [0.1, 0.15) is 10.6 Å². The Labute approximate surface area is 139 Å². The quantitative estimate of drug-likeness (QED) is 0.740. The fourth-order valence-corrected chi connectivity index (χ4v) is 2.90. The molecule has 0 amide bonds. The van der Waals surface area contributed by atoms with Gasteiger partial charge < -0.3 is 14.4 Å². The van der Waals surface area contributed by atoms with Gasteiger partial charge in [0, 0.05) is 4.47 Å². The lowest BCUT2D eigenvalue weighted by atomic mass is 10.1. The molecule has 0 aliphatic carbocycles. The zero-order valence-corrected chi connectivity index (χ0v) is 13.7. The monoisotopic (exact) mass is 400 g/mol. The normalized spacial score (nSPS) is 11.0. The molecule has 9 heteroatoms. The number of carboxylic acid groups (broad SMARTS) is 2. The lowest BCUT2D eigenvalue weighted by Crippen LogP contribution is -2.12. The predicted molar refractivity (Wildman–Crippen MR) is 82.3 cm³/mol. The van der Waals surface area contributed by atoms with E-state index in [1.165, 1.54) is 24.3 Å². The lowest BCUT2D eigenvalue weighted by molar-refractivity contribution is 0.0651. The molecular formula is C14H9BrO7S. The SMILES string of the molecule is O=C(O)c1ccc(OS(=O)(=O)c2ccc(Br)cc2)cc1C(=O)O. The first kappa shape index (κ1) is 17.0. The molecule has 2 aromatic carbocycles. The molecule has 0 fully saturated rings. The first-order valence-electron chi connectivity index (χ1n) is 6.01. The number of benzene rings is 2. The first-order valence-corrected chi connectivity index (χ1v) is 8.21. The van der Waals surface area contributed by atoms with E-state index < -0.39 is 33.2 Å². The number of aromatic carboxylic acids is 2. The molecule has 2 rings (SSSR count). The zero-order chi connectivity index (χ0) is 17.2. The van der Waals surface area contributed by atoms with E-state index in [-0.39, 0.29) is 10.6 Å². The van der Waals surface area contributed by atoms with Crippen LogP contribution in [0.2, 0.25) is 0 Å². The van der Waals surface area contributed by atoms with Crippen LogP contribution in [0.5, 0.6) is 5.75 Å². The van der Waals surface area contributed by atoms with Gasteiger partial charge in [-0.15, -0.1) is 0 Å². The van der Waals surface area contributed by atoms with Crippen molar-refractivity contribution >= 4 is 38.0 Å². The smallest absolute Gasteiger partial charge is 0.339 e. The van der Waals surface area contributed by atoms with Crippen molar-refractivity contribution in [3.05, 3.63) is 58.1 Å². The highest BCUT2D eigenvalue weighted by Gasteiger charge is 2.21. The summed E-state index contributed by atoms with van der Waals surface area (Å²) in [4.78, 5) is 21.9. The molecule has 0 aromatic heterocycles. The molecule has 0 bridgehead atoms. The van der Waals surface area contributed by atoms with E-state index in [1.807, 2.05) is 0 Å². The Morgan fingerprint density at radius 1 is 0.913 bits per heavy atom. The summed E-state index contributed by atoms with van der Waals surface area (Å²) in [6.45, 7) is 0. The van der Waals surface area contributed by atoms with Gasteiger partial charge in [-0.3, -0.25) is 0 Å². The Morgan fingerprint density at radius 2 is 1.48 bits per heavy atom. The minimum atomic E-state index is -4.17. The van der Waals surface area contributed by atoms with Crippen molar-refractivity contribution in [2.45, 2.75) is 4.90 Å². The van der Waals surface area contributed by atoms with Crippen LogP contribution in [0.4, 0.5) is 0 Å². The second-order valence-electron chi connectivity index (χ2n) is 4.31. The molecule has 0 unspecified atom stereocenters. The molecule has 2 aromatic rings. The number of hydrogen-bond acceptors (Lipinski definition) is 5. The third kappa shape index (κ3) is 3.88. The van der Waals surface area contributed by atoms with Crippen molar-refractivity contribution < 1.29 is 32.4 Å². The van der Waals surface area contributed by atoms with Crippen molar-refractivity contribution in [3.63, 3.8) is 0 Å². The summed E-state index contributed by atoms with van der Waals surface area (Å²) in [6.07, 6.45) is 0. The highest BCUT2D eigenvalue weighted by atomic mass is 79.9. The summed E-state index contributed by atoms with van der Waals surface area (Å²) in [7, 11) is -4.17. The number of rotatable bonds is 5. The fraction of sp³-hybridized carbons (Fsp3) is 0. The van der Waals surface area contributed by atoms with E-state index in [0.717, 1.165) is 18.2 Å². The number of carbonyl (C=O) groups is 2. The van der Waals surface area contributed by atoms with Crippen LogP contribution in [0.25, 0.3) is 0 Å². The van der Waals surface area contributed by atoms with Crippen LogP contribution in [0.3, 0.4) is 0 Å². The van der Waals surface area contributed by atoms with Crippen LogP contribution in [-0.2, 0) is 10.1 Å². The van der Waals surface area contributed by atoms with Crippen LogP contribution < -0.4 is 4.18 Å². The van der Waals surface area contributed by atoms with E-state index in [1.54, 1.807) is 0 Å². The van der Waals surface area contributed by atoms with Gasteiger partial charge in [-0.2, -0.15) is 8.42 Å². The molecule has 2 N–H and O–H groups in total. The van der Waals surface area contributed by atoms with Gasteiger partial charge in [0.2, 0.25) is 0 Å². The van der Waals surface area contributed by atoms with Crippen molar-refractivity contribution in [2.24, 2.45) is 0 Å². The third-order valence-corrected chi connectivity index (χ3v) is 4.55. The van der Waals surface area contributed by atoms with Gasteiger partial charge in [0.15, 0.2) is 0 Å². The van der Waals surface area contributed by atoms with Gasteiger partial charge in [-0.25, -0.2) is 9.59 Å². The Hall–Kier alpha value is -2.39. The van der Waals surface area contributed by atoms with E-state index in [2.05, 4.69) is 15.9 Å². The van der Waals surface area contributed by atoms with Crippen molar-refractivity contribution in [1.29, 1.82) is 0 Å². The summed E-state index contributed by atoms with van der Waals surface area (Å²) < 4.78 is 29.8. The molecular weight excluding hydrogens is 392 g/mol. The minimum Gasteiger partial charge on any atom is -0.478 e. The molecule has 0 saturated heterocycles. The van der Waals surface area contributed by atoms with Gasteiger partial charge in [-0.05, 0) is 42.5 Å². The highest BCUT2D eigenvalue weighted by molar-refractivity contribution is 9.10. The zero-order valence-electron chi connectivity index (χ0n) is 11.3. The second-order valence-corrected chi connectivity index (χ2v) is 6.77. The molecule has 0 atom stereocenters. The topological polar surface area (TPSA) is 118 Å². The van der Waals surface area contributed by atoms with E-state index in [9.17, 15) is 18.0 Å². The highest BCUT2D eigenvalue weighted by Crippen LogP contribution is 2.23. The molecule has 0 radical (unpaired) electrons. The molecule has 0 spiro atoms. The fourth-order valence-electron chi connectivity index (χ4n) is 1.71. The number of halogens is 1. The summed E-state index contributed by atoms with van der Waals surface area (Å²) in [5.74, 6) is -3.24. The van der Waals surface area contributed by atoms with Crippen molar-refractivity contribution in [3.8, 4) is 5.75 Å². The second kappa shape index (κ2) is 6.39. The molecule has 0 saturated carbocycles. The first-order chi connectivity index (χ1) is 10.7. The summed E-state index contributed by atoms with van der Waals surface area (Å²) in [5, 5.41) is 17.9. The third-order valence-electron chi connectivity index (χ3n) is 2.76. The molecule has 7 nitrogen and oxygen atoms in total. The maximum Gasteiger partial charge on any atom is 0.339 e. The maximum atomic E-state index is 12.1. The van der Waals surface area contributed by atoms with E-state index in [4.69, 9.17) is 14.4 Å². The Kier molecular flexibility index (Phi) is 4.71. The van der Waals surface area contributed by atoms with Crippen molar-refractivity contribution in [2.75, 3.05) is 0 Å². The van der Waals surface area contributed by atoms with Crippen molar-refractivity contribution in [1.82, 2.24) is 0 Å². The Morgan fingerprint density at radius 3 is 2.00 bits per heavy atom. The summed E-state index contributed by atoms with van der Waals surface area (Å²) in [5.41, 5.74) is -1.04. The van der Waals surface area contributed by atoms with Crippen LogP contribution >= 0.6 is 15.9 Å². The van der Waals surface area contributed by atoms with Crippen LogP contribution in [0.1, 0.15) is 20.7 Å². The van der Waals surface area contributed by atoms with Gasteiger partial charge in [-0.1, -0.05) is 15.9 Å². The van der Waals surface area contributed by atoms with Gasteiger partial charge in [0.25, 0.3) is 0 Å². The van der Waals surface area contributed by atoms with E-state index >= 15 is 0 Å². The Bertz CT molecular complexity index is 872. The lowest BCUT2D eigenvalue weighted by Gasteiger charge is -2.09. The van der Waals surface area contributed by atoms with Crippen LogP contribution in [0, 0.1) is 0 Å². The summed E-state index contributed by atoms with van der Waals surface area (Å²) >= 11 is 3.17.